The molecule has 0 heterocycles. The Balaban J connectivity index is 2.40. The summed E-state index contributed by atoms with van der Waals surface area (Å²) >= 11 is 0. The smallest absolute Gasteiger partial charge is 0.0146 e. The van der Waals surface area contributed by atoms with Crippen molar-refractivity contribution >= 4 is 6.08 Å². The molecule has 0 unspecified atom stereocenters. The highest BCUT2D eigenvalue weighted by atomic mass is 14.1. The largest absolute Gasteiger partial charge is 0.0840 e. The molecular formula is C19H22. The highest BCUT2D eigenvalue weighted by Crippen LogP contribution is 2.27. The van der Waals surface area contributed by atoms with Gasteiger partial charge in [0.05, 0.1) is 0 Å². The van der Waals surface area contributed by atoms with Crippen LogP contribution in [0.15, 0.2) is 48.5 Å². The Labute approximate surface area is 116 Å². The SMILES string of the molecule is CCC/C=C\c1ccc(C)c(-c2ccccc2C)c1. The molecule has 0 N–H and O–H groups in total. The molecule has 0 radical (unpaired) electrons. The van der Waals surface area contributed by atoms with Gasteiger partial charge in [-0.15, -0.1) is 0 Å². The van der Waals surface area contributed by atoms with Crippen LogP contribution in [0.25, 0.3) is 17.2 Å². The van der Waals surface area contributed by atoms with Gasteiger partial charge >= 0.3 is 0 Å². The fourth-order valence-electron chi connectivity index (χ4n) is 2.29. The van der Waals surface area contributed by atoms with Crippen molar-refractivity contribution in [3.05, 3.63) is 65.2 Å². The van der Waals surface area contributed by atoms with Crippen molar-refractivity contribution in [1.82, 2.24) is 0 Å². The van der Waals surface area contributed by atoms with Crippen LogP contribution in [0.2, 0.25) is 0 Å². The van der Waals surface area contributed by atoms with Gasteiger partial charge in [0.2, 0.25) is 0 Å². The van der Waals surface area contributed by atoms with Gasteiger partial charge in [0.15, 0.2) is 0 Å². The van der Waals surface area contributed by atoms with E-state index in [2.05, 4.69) is 75.4 Å². The van der Waals surface area contributed by atoms with E-state index < -0.39 is 0 Å². The van der Waals surface area contributed by atoms with Gasteiger partial charge in [0.1, 0.15) is 0 Å². The topological polar surface area (TPSA) is 0 Å². The van der Waals surface area contributed by atoms with E-state index in [-0.39, 0.29) is 0 Å². The van der Waals surface area contributed by atoms with E-state index >= 15 is 0 Å². The molecule has 0 amide bonds. The van der Waals surface area contributed by atoms with Crippen molar-refractivity contribution in [1.29, 1.82) is 0 Å². The Hall–Kier alpha value is -1.82. The second-order valence-corrected chi connectivity index (χ2v) is 5.08. The molecule has 0 aliphatic rings. The molecule has 0 fully saturated rings. The van der Waals surface area contributed by atoms with Crippen molar-refractivity contribution < 1.29 is 0 Å². The minimum absolute atomic E-state index is 1.15. The molecule has 2 aromatic carbocycles. The molecule has 0 spiro atoms. The molecular weight excluding hydrogens is 228 g/mol. The van der Waals surface area contributed by atoms with Gasteiger partial charge in [-0.3, -0.25) is 0 Å². The minimum atomic E-state index is 1.15. The summed E-state index contributed by atoms with van der Waals surface area (Å²) in [6.07, 6.45) is 6.83. The van der Waals surface area contributed by atoms with Gasteiger partial charge in [-0.2, -0.15) is 0 Å². The Bertz CT molecular complexity index is 576. The highest BCUT2D eigenvalue weighted by Gasteiger charge is 2.04. The molecule has 19 heavy (non-hydrogen) atoms. The van der Waals surface area contributed by atoms with Crippen LogP contribution in [0.1, 0.15) is 36.5 Å². The third kappa shape index (κ3) is 3.35. The Kier molecular flexibility index (Phi) is 4.57. The van der Waals surface area contributed by atoms with Crippen molar-refractivity contribution in [2.75, 3.05) is 0 Å². The summed E-state index contributed by atoms with van der Waals surface area (Å²) in [5, 5.41) is 0. The van der Waals surface area contributed by atoms with Gasteiger partial charge in [-0.1, -0.05) is 61.9 Å². The molecule has 0 aromatic heterocycles. The van der Waals surface area contributed by atoms with E-state index in [1.165, 1.54) is 34.2 Å². The van der Waals surface area contributed by atoms with E-state index in [0.29, 0.717) is 0 Å². The van der Waals surface area contributed by atoms with Crippen molar-refractivity contribution in [3.63, 3.8) is 0 Å². The number of hydrogen-bond donors (Lipinski definition) is 0. The lowest BCUT2D eigenvalue weighted by Gasteiger charge is -2.10. The fourth-order valence-corrected chi connectivity index (χ4v) is 2.29. The van der Waals surface area contributed by atoms with Crippen LogP contribution in [0.3, 0.4) is 0 Å². The molecule has 0 atom stereocenters. The molecule has 0 saturated heterocycles. The van der Waals surface area contributed by atoms with Crippen LogP contribution in [0, 0.1) is 13.8 Å². The summed E-state index contributed by atoms with van der Waals surface area (Å²) in [6.45, 7) is 6.56. The lowest BCUT2D eigenvalue weighted by atomic mass is 9.95. The maximum Gasteiger partial charge on any atom is -0.0146 e. The molecule has 0 aliphatic carbocycles. The molecule has 2 rings (SSSR count). The summed E-state index contributed by atoms with van der Waals surface area (Å²) in [4.78, 5) is 0. The molecule has 0 saturated carbocycles. The van der Waals surface area contributed by atoms with E-state index in [9.17, 15) is 0 Å². The van der Waals surface area contributed by atoms with E-state index in [1.807, 2.05) is 0 Å². The van der Waals surface area contributed by atoms with E-state index in [0.717, 1.165) is 6.42 Å². The second-order valence-electron chi connectivity index (χ2n) is 5.08. The average Bonchev–Trinajstić information content (AvgIpc) is 2.42. The maximum atomic E-state index is 2.30. The molecule has 98 valence electrons. The fraction of sp³-hybridized carbons (Fsp3) is 0.263. The second kappa shape index (κ2) is 6.38. The van der Waals surface area contributed by atoms with Crippen molar-refractivity contribution in [2.45, 2.75) is 33.6 Å². The van der Waals surface area contributed by atoms with E-state index in [4.69, 9.17) is 0 Å². The summed E-state index contributed by atoms with van der Waals surface area (Å²) in [7, 11) is 0. The first-order valence-corrected chi connectivity index (χ1v) is 7.05. The lowest BCUT2D eigenvalue weighted by molar-refractivity contribution is 0.962. The first-order valence-electron chi connectivity index (χ1n) is 7.05. The summed E-state index contributed by atoms with van der Waals surface area (Å²) in [5.41, 5.74) is 6.64. The third-order valence-corrected chi connectivity index (χ3v) is 3.46. The Morgan fingerprint density at radius 1 is 0.895 bits per heavy atom. The third-order valence-electron chi connectivity index (χ3n) is 3.46. The zero-order chi connectivity index (χ0) is 13.7. The predicted molar refractivity (Wildman–Crippen MR) is 85.3 cm³/mol. The van der Waals surface area contributed by atoms with Crippen LogP contribution in [-0.2, 0) is 0 Å². The van der Waals surface area contributed by atoms with Crippen LogP contribution in [0.4, 0.5) is 0 Å². The number of hydrogen-bond acceptors (Lipinski definition) is 0. The summed E-state index contributed by atoms with van der Waals surface area (Å²) in [6, 6.07) is 15.3. The number of aryl methyl sites for hydroxylation is 2. The number of benzene rings is 2. The van der Waals surface area contributed by atoms with Crippen LogP contribution >= 0.6 is 0 Å². The first-order chi connectivity index (χ1) is 9.22. The first kappa shape index (κ1) is 13.6. The predicted octanol–water partition coefficient (Wildman–Crippen LogP) is 5.78. The number of rotatable bonds is 4. The van der Waals surface area contributed by atoms with Gasteiger partial charge in [0.25, 0.3) is 0 Å². The Morgan fingerprint density at radius 2 is 1.63 bits per heavy atom. The van der Waals surface area contributed by atoms with Gasteiger partial charge in [-0.25, -0.2) is 0 Å². The molecule has 0 heteroatoms. The quantitative estimate of drug-likeness (QED) is 0.645. The zero-order valence-corrected chi connectivity index (χ0v) is 12.1. The molecule has 0 nitrogen and oxygen atoms in total. The average molecular weight is 250 g/mol. The number of unbranched alkanes of at least 4 members (excludes halogenated alkanes) is 1. The minimum Gasteiger partial charge on any atom is -0.0840 e. The van der Waals surface area contributed by atoms with Crippen LogP contribution in [0.5, 0.6) is 0 Å². The normalized spacial score (nSPS) is 11.1. The molecule has 2 aromatic rings. The number of allylic oxidation sites excluding steroid dienone is 1. The molecule has 0 aliphatic heterocycles. The van der Waals surface area contributed by atoms with E-state index in [1.54, 1.807) is 0 Å². The molecule has 0 bridgehead atoms. The summed E-state index contributed by atoms with van der Waals surface area (Å²) in [5.74, 6) is 0. The van der Waals surface area contributed by atoms with Crippen molar-refractivity contribution in [2.24, 2.45) is 0 Å². The zero-order valence-electron chi connectivity index (χ0n) is 12.1. The maximum absolute atomic E-state index is 2.30. The highest BCUT2D eigenvalue weighted by molar-refractivity contribution is 5.73. The lowest BCUT2D eigenvalue weighted by Crippen LogP contribution is -1.87. The van der Waals surface area contributed by atoms with Gasteiger partial charge < -0.3 is 0 Å². The van der Waals surface area contributed by atoms with Crippen molar-refractivity contribution in [3.8, 4) is 11.1 Å². The summed E-state index contributed by atoms with van der Waals surface area (Å²) < 4.78 is 0. The Morgan fingerprint density at radius 3 is 2.37 bits per heavy atom. The van der Waals surface area contributed by atoms with Gasteiger partial charge in [0, 0.05) is 0 Å². The van der Waals surface area contributed by atoms with Crippen LogP contribution < -0.4 is 0 Å². The monoisotopic (exact) mass is 250 g/mol. The standard InChI is InChI=1S/C19H22/c1-4-5-6-10-17-13-12-16(3)19(14-17)18-11-8-7-9-15(18)2/h6-14H,4-5H2,1-3H3/b10-6-. The van der Waals surface area contributed by atoms with Gasteiger partial charge in [-0.05, 0) is 54.2 Å². The van der Waals surface area contributed by atoms with Crippen LogP contribution in [-0.4, -0.2) is 0 Å².